The number of alkyl halides is 3. The van der Waals surface area contributed by atoms with Gasteiger partial charge in [-0.05, 0) is 29.3 Å². The number of guanidine groups is 1. The van der Waals surface area contributed by atoms with Crippen molar-refractivity contribution < 1.29 is 31.5 Å². The third-order valence-corrected chi connectivity index (χ3v) is 7.14. The molecule has 2 unspecified atom stereocenters. The molecule has 3 heterocycles. The molecule has 1 aliphatic heterocycles. The Hall–Kier alpha value is -2.26. The summed E-state index contributed by atoms with van der Waals surface area (Å²) in [7, 11) is 1.39. The number of amides is 1. The van der Waals surface area contributed by atoms with Crippen molar-refractivity contribution in [2.75, 3.05) is 19.0 Å². The van der Waals surface area contributed by atoms with Gasteiger partial charge in [0.2, 0.25) is 0 Å². The molecule has 1 amide bonds. The average molecular weight is 511 g/mol. The lowest BCUT2D eigenvalue weighted by Gasteiger charge is -2.35. The molecule has 15 heteroatoms. The van der Waals surface area contributed by atoms with Crippen LogP contribution in [0, 0.1) is 0 Å². The molecule has 1 fully saturated rings. The topological polar surface area (TPSA) is 142 Å². The molecule has 1 aliphatic rings. The third-order valence-electron chi connectivity index (χ3n) is 4.53. The molecular formula is C17H16ClF3N5O4S2-. The summed E-state index contributed by atoms with van der Waals surface area (Å²) < 4.78 is 67.5. The lowest BCUT2D eigenvalue weighted by atomic mass is 9.96. The summed E-state index contributed by atoms with van der Waals surface area (Å²) >= 11 is 4.48. The van der Waals surface area contributed by atoms with E-state index in [2.05, 4.69) is 20.6 Å². The first-order valence-corrected chi connectivity index (χ1v) is 11.2. The van der Waals surface area contributed by atoms with Gasteiger partial charge in [0.25, 0.3) is 5.91 Å². The minimum atomic E-state index is -4.68. The first kappa shape index (κ1) is 24.4. The fraction of sp³-hybridized carbons (Fsp3) is 0.353. The first-order valence-electron chi connectivity index (χ1n) is 8.83. The van der Waals surface area contributed by atoms with E-state index < -0.39 is 39.8 Å². The predicted octanol–water partition coefficient (Wildman–Crippen LogP) is 2.42. The van der Waals surface area contributed by atoms with E-state index in [-0.39, 0.29) is 39.6 Å². The predicted molar refractivity (Wildman–Crippen MR) is 112 cm³/mol. The highest BCUT2D eigenvalue weighted by Crippen LogP contribution is 2.45. The third kappa shape index (κ3) is 4.88. The number of hydrogen-bond acceptors (Lipinski definition) is 7. The summed E-state index contributed by atoms with van der Waals surface area (Å²) in [4.78, 5) is 20.1. The van der Waals surface area contributed by atoms with Crippen molar-refractivity contribution >= 4 is 51.7 Å². The molecule has 3 atom stereocenters. The van der Waals surface area contributed by atoms with Gasteiger partial charge in [0.15, 0.2) is 5.96 Å². The van der Waals surface area contributed by atoms with Crippen LogP contribution in [0.4, 0.5) is 19.0 Å². The Morgan fingerprint density at radius 2 is 2.22 bits per heavy atom. The van der Waals surface area contributed by atoms with Crippen molar-refractivity contribution in [3.8, 4) is 0 Å². The van der Waals surface area contributed by atoms with Crippen LogP contribution in [0.3, 0.4) is 0 Å². The van der Waals surface area contributed by atoms with Crippen molar-refractivity contribution in [1.82, 2.24) is 10.3 Å². The maximum atomic E-state index is 12.9. The number of nitrogens with one attached hydrogen (secondary N) is 2. The highest BCUT2D eigenvalue weighted by molar-refractivity contribution is 7.79. The Kier molecular flexibility index (Phi) is 7.09. The number of rotatable bonds is 5. The van der Waals surface area contributed by atoms with Gasteiger partial charge in [-0.3, -0.25) is 14.0 Å². The van der Waals surface area contributed by atoms with Gasteiger partial charge in [-0.1, -0.05) is 17.7 Å². The van der Waals surface area contributed by atoms with Crippen molar-refractivity contribution in [1.29, 1.82) is 0 Å². The van der Waals surface area contributed by atoms with Crippen LogP contribution in [0.15, 0.2) is 29.3 Å². The van der Waals surface area contributed by atoms with Gasteiger partial charge in [0.05, 0.1) is 21.4 Å². The Bertz CT molecular complexity index is 1080. The molecule has 0 saturated carbocycles. The molecule has 2 aromatic heterocycles. The van der Waals surface area contributed by atoms with E-state index >= 15 is 0 Å². The van der Waals surface area contributed by atoms with Crippen LogP contribution in [0.25, 0.3) is 0 Å². The quantitative estimate of drug-likeness (QED) is 0.318. The first-order chi connectivity index (χ1) is 15.0. The summed E-state index contributed by atoms with van der Waals surface area (Å²) in [6.07, 6.45) is -4.53. The van der Waals surface area contributed by atoms with Gasteiger partial charge in [-0.15, -0.1) is 11.3 Å². The van der Waals surface area contributed by atoms with E-state index in [1.165, 1.54) is 19.2 Å². The molecule has 0 aromatic carbocycles. The molecule has 9 nitrogen and oxygen atoms in total. The Balaban J connectivity index is 1.95. The highest BCUT2D eigenvalue weighted by Gasteiger charge is 2.49. The molecule has 0 spiro atoms. The molecule has 0 bridgehead atoms. The number of nitrogens with two attached hydrogens (primary N) is 1. The van der Waals surface area contributed by atoms with Gasteiger partial charge in [0, 0.05) is 13.5 Å². The normalized spacial score (nSPS) is 22.6. The summed E-state index contributed by atoms with van der Waals surface area (Å²) in [5, 5.41) is 5.15. The minimum absolute atomic E-state index is 0.0136. The molecule has 4 N–H and O–H groups in total. The second-order valence-corrected chi connectivity index (χ2v) is 8.97. The van der Waals surface area contributed by atoms with Crippen LogP contribution in [-0.2, 0) is 27.5 Å². The molecule has 3 rings (SSSR count). The number of hydrogen-bond donors (Lipinski definition) is 3. The van der Waals surface area contributed by atoms with E-state index in [1.54, 1.807) is 0 Å². The molecule has 0 radical (unpaired) electrons. The zero-order chi connectivity index (χ0) is 23.7. The van der Waals surface area contributed by atoms with Crippen LogP contribution < -0.4 is 16.4 Å². The number of carbonyl (C=O) groups excluding carboxylic acids is 1. The van der Waals surface area contributed by atoms with Gasteiger partial charge in [-0.25, -0.2) is 4.98 Å². The highest BCUT2D eigenvalue weighted by atomic mass is 35.5. The van der Waals surface area contributed by atoms with Gasteiger partial charge >= 0.3 is 6.18 Å². The molecular weight excluding hydrogens is 495 g/mol. The Morgan fingerprint density at radius 1 is 1.50 bits per heavy atom. The number of carbonyl (C=O) groups is 1. The number of halogens is 4. The standard InChI is InChI=1S/C17H17ClF3N5O4S2/c1-23-15(22)26-16(5-6-30-14(16)32(28)29)12-8(18)7-9(31-12)13(27)25-11-4-2-3-10(24-11)17(19,20)21/h2-4,7,14H,5-6H2,1H3,(H,28,29)(H3,22,23,26)(H,24,25,27)/p-1/t14?,16-/m1/s1. The summed E-state index contributed by atoms with van der Waals surface area (Å²) in [5.41, 5.74) is 1.82. The van der Waals surface area contributed by atoms with Gasteiger partial charge < -0.3 is 25.7 Å². The second-order valence-electron chi connectivity index (χ2n) is 6.57. The van der Waals surface area contributed by atoms with Crippen LogP contribution in [0.2, 0.25) is 5.02 Å². The second kappa shape index (κ2) is 9.31. The molecule has 174 valence electrons. The van der Waals surface area contributed by atoms with Crippen molar-refractivity contribution in [2.45, 2.75) is 23.6 Å². The van der Waals surface area contributed by atoms with Crippen LogP contribution >= 0.6 is 22.9 Å². The number of ether oxygens (including phenoxy) is 1. The Morgan fingerprint density at radius 3 is 2.84 bits per heavy atom. The van der Waals surface area contributed by atoms with Crippen molar-refractivity contribution in [2.24, 2.45) is 10.7 Å². The maximum Gasteiger partial charge on any atom is 0.433 e. The lowest BCUT2D eigenvalue weighted by molar-refractivity contribution is -0.141. The van der Waals surface area contributed by atoms with E-state index in [0.29, 0.717) is 0 Å². The minimum Gasteiger partial charge on any atom is -0.770 e. The lowest BCUT2D eigenvalue weighted by Crippen LogP contribution is -2.54. The summed E-state index contributed by atoms with van der Waals surface area (Å²) in [6.45, 7) is 0.0621. The average Bonchev–Trinajstić information content (AvgIpc) is 3.32. The fourth-order valence-electron chi connectivity index (χ4n) is 3.12. The van der Waals surface area contributed by atoms with E-state index in [9.17, 15) is 26.7 Å². The molecule has 1 saturated heterocycles. The number of thiophene rings is 1. The van der Waals surface area contributed by atoms with Gasteiger partial charge in [0.1, 0.15) is 22.5 Å². The number of anilines is 1. The summed E-state index contributed by atoms with van der Waals surface area (Å²) in [6, 6.07) is 4.35. The smallest absolute Gasteiger partial charge is 0.433 e. The zero-order valence-electron chi connectivity index (χ0n) is 16.2. The summed E-state index contributed by atoms with van der Waals surface area (Å²) in [5.74, 6) is -1.16. The van der Waals surface area contributed by atoms with Gasteiger partial charge in [-0.2, -0.15) is 13.2 Å². The SMILES string of the molecule is CN=C(N)N[C@@]1(c2sc(C(=O)Nc3cccc(C(F)(F)F)n3)cc2Cl)CCOC1S(=O)[O-]. The zero-order valence-corrected chi connectivity index (χ0v) is 18.6. The number of aliphatic imine (C=N–C) groups is 1. The largest absolute Gasteiger partial charge is 0.770 e. The number of nitrogens with zero attached hydrogens (tertiary/aromatic N) is 2. The van der Waals surface area contributed by atoms with Crippen molar-refractivity contribution in [3.63, 3.8) is 0 Å². The van der Waals surface area contributed by atoms with E-state index in [4.69, 9.17) is 22.1 Å². The number of aromatic nitrogens is 1. The number of pyridine rings is 1. The Labute approximate surface area is 191 Å². The van der Waals surface area contributed by atoms with E-state index in [0.717, 1.165) is 23.5 Å². The van der Waals surface area contributed by atoms with Crippen LogP contribution in [0.1, 0.15) is 26.7 Å². The van der Waals surface area contributed by atoms with E-state index in [1.807, 2.05) is 0 Å². The maximum absolute atomic E-state index is 12.9. The molecule has 32 heavy (non-hydrogen) atoms. The van der Waals surface area contributed by atoms with Crippen molar-refractivity contribution in [3.05, 3.63) is 44.7 Å². The monoisotopic (exact) mass is 510 g/mol. The van der Waals surface area contributed by atoms with Crippen LogP contribution in [0.5, 0.6) is 0 Å². The molecule has 0 aliphatic carbocycles. The van der Waals surface area contributed by atoms with Crippen LogP contribution in [-0.4, -0.2) is 44.7 Å². The molecule has 2 aromatic rings. The fourth-order valence-corrected chi connectivity index (χ4v) is 5.62.